The number of halogens is 2. The topological polar surface area (TPSA) is 84.8 Å². The summed E-state index contributed by atoms with van der Waals surface area (Å²) < 4.78 is 20.2. The molecule has 0 saturated heterocycles. The Kier molecular flexibility index (Phi) is 5.96. The maximum absolute atomic E-state index is 13.3. The van der Waals surface area contributed by atoms with Crippen LogP contribution in [0.5, 0.6) is 5.75 Å². The van der Waals surface area contributed by atoms with E-state index in [0.717, 1.165) is 22.6 Å². The van der Waals surface area contributed by atoms with Gasteiger partial charge >= 0.3 is 0 Å². The van der Waals surface area contributed by atoms with Crippen LogP contribution in [0.25, 0.3) is 11.3 Å². The van der Waals surface area contributed by atoms with Gasteiger partial charge < -0.3 is 10.1 Å². The highest BCUT2D eigenvalue weighted by atomic mass is 35.5. The van der Waals surface area contributed by atoms with Crippen LogP contribution in [0.2, 0.25) is 5.02 Å². The van der Waals surface area contributed by atoms with Crippen LogP contribution in [0.4, 0.5) is 10.1 Å². The summed E-state index contributed by atoms with van der Waals surface area (Å²) in [5, 5.41) is 14.7. The predicted octanol–water partition coefficient (Wildman–Crippen LogP) is 4.99. The second-order valence-electron chi connectivity index (χ2n) is 7.29. The van der Waals surface area contributed by atoms with E-state index in [0.29, 0.717) is 34.3 Å². The second-order valence-corrected chi connectivity index (χ2v) is 7.70. The van der Waals surface area contributed by atoms with Gasteiger partial charge in [0.05, 0.1) is 36.4 Å². The zero-order valence-electron chi connectivity index (χ0n) is 17.7. The van der Waals surface area contributed by atoms with Crippen molar-refractivity contribution in [2.45, 2.75) is 20.4 Å². The third-order valence-electron chi connectivity index (χ3n) is 5.16. The third-order valence-corrected chi connectivity index (χ3v) is 5.52. The highest BCUT2D eigenvalue weighted by Gasteiger charge is 2.18. The molecule has 0 atom stereocenters. The van der Waals surface area contributed by atoms with Gasteiger partial charge in [0.2, 0.25) is 0 Å². The van der Waals surface area contributed by atoms with Crippen LogP contribution in [0, 0.1) is 19.7 Å². The molecular weight excluding hydrogens is 433 g/mol. The molecule has 2 heterocycles. The molecule has 4 aromatic rings. The smallest absolute Gasteiger partial charge is 0.273 e. The van der Waals surface area contributed by atoms with Crippen LogP contribution in [0.15, 0.2) is 48.5 Å². The fraction of sp³-hybridized carbons (Fsp3) is 0.174. The highest BCUT2D eigenvalue weighted by molar-refractivity contribution is 6.31. The van der Waals surface area contributed by atoms with Crippen molar-refractivity contribution in [1.29, 1.82) is 0 Å². The molecule has 0 unspecified atom stereocenters. The number of aromatic nitrogens is 4. The summed E-state index contributed by atoms with van der Waals surface area (Å²) in [4.78, 5) is 12.8. The molecule has 0 saturated carbocycles. The van der Waals surface area contributed by atoms with Crippen LogP contribution >= 0.6 is 11.6 Å². The highest BCUT2D eigenvalue weighted by Crippen LogP contribution is 2.25. The van der Waals surface area contributed by atoms with Gasteiger partial charge in [0.25, 0.3) is 5.91 Å². The molecule has 0 aliphatic heterocycles. The number of nitrogens with zero attached hydrogens (tertiary/aromatic N) is 3. The van der Waals surface area contributed by atoms with E-state index < -0.39 is 5.82 Å². The molecule has 0 aliphatic rings. The summed E-state index contributed by atoms with van der Waals surface area (Å²) in [6, 6.07) is 13.3. The fourth-order valence-electron chi connectivity index (χ4n) is 3.37. The lowest BCUT2D eigenvalue weighted by Gasteiger charge is -2.08. The van der Waals surface area contributed by atoms with Crippen molar-refractivity contribution in [3.63, 3.8) is 0 Å². The molecular formula is C23H21ClFN5O2. The number of aromatic amines is 1. The van der Waals surface area contributed by atoms with Gasteiger partial charge in [-0.25, -0.2) is 4.39 Å². The Labute approximate surface area is 189 Å². The van der Waals surface area contributed by atoms with Crippen LogP contribution in [-0.4, -0.2) is 33.0 Å². The van der Waals surface area contributed by atoms with Gasteiger partial charge in [-0.15, -0.1) is 0 Å². The van der Waals surface area contributed by atoms with Crippen molar-refractivity contribution in [3.05, 3.63) is 82.0 Å². The Morgan fingerprint density at radius 3 is 2.62 bits per heavy atom. The quantitative estimate of drug-likeness (QED) is 0.430. The van der Waals surface area contributed by atoms with E-state index in [1.54, 1.807) is 30.8 Å². The molecule has 9 heteroatoms. The summed E-state index contributed by atoms with van der Waals surface area (Å²) in [6.07, 6.45) is 0. The molecule has 0 aliphatic carbocycles. The lowest BCUT2D eigenvalue weighted by atomic mass is 10.1. The molecule has 2 aromatic heterocycles. The van der Waals surface area contributed by atoms with E-state index in [9.17, 15) is 9.18 Å². The van der Waals surface area contributed by atoms with Crippen LogP contribution in [-0.2, 0) is 6.54 Å². The first-order valence-corrected chi connectivity index (χ1v) is 10.2. The Morgan fingerprint density at radius 1 is 1.19 bits per heavy atom. The minimum absolute atomic E-state index is 0.323. The van der Waals surface area contributed by atoms with Gasteiger partial charge in [-0.1, -0.05) is 17.7 Å². The van der Waals surface area contributed by atoms with Gasteiger partial charge in [0.1, 0.15) is 17.3 Å². The van der Waals surface area contributed by atoms with Crippen LogP contribution in [0.3, 0.4) is 0 Å². The number of hydrogen-bond donors (Lipinski definition) is 2. The number of carbonyl (C=O) groups is 1. The molecule has 1 amide bonds. The maximum Gasteiger partial charge on any atom is 0.273 e. The largest absolute Gasteiger partial charge is 0.497 e. The summed E-state index contributed by atoms with van der Waals surface area (Å²) in [6.45, 7) is 4.01. The number of aryl methyl sites for hydroxylation is 1. The number of anilines is 1. The number of methoxy groups -OCH3 is 1. The molecule has 2 N–H and O–H groups in total. The first-order chi connectivity index (χ1) is 15.4. The van der Waals surface area contributed by atoms with Crippen LogP contribution < -0.4 is 10.1 Å². The van der Waals surface area contributed by atoms with E-state index in [4.69, 9.17) is 16.3 Å². The van der Waals surface area contributed by atoms with Crippen molar-refractivity contribution in [1.82, 2.24) is 20.0 Å². The molecule has 4 rings (SSSR count). The number of ether oxygens (including phenoxy) is 1. The standard InChI is InChI=1S/C23H21ClFN5O2/c1-13-22(14(2)30(29-13)12-16-4-7-17(25)10-19(16)24)26-23(31)21-11-20(27-28-21)15-5-8-18(32-3)9-6-15/h4-11H,12H2,1-3H3,(H,26,31)(H,27,28). The maximum atomic E-state index is 13.3. The molecule has 7 nitrogen and oxygen atoms in total. The molecule has 32 heavy (non-hydrogen) atoms. The second kappa shape index (κ2) is 8.84. The van der Waals surface area contributed by atoms with Gasteiger partial charge in [-0.3, -0.25) is 14.6 Å². The molecule has 0 fully saturated rings. The number of benzene rings is 2. The Balaban J connectivity index is 1.52. The Hall–Kier alpha value is -3.65. The van der Waals surface area contributed by atoms with Crippen LogP contribution in [0.1, 0.15) is 27.4 Å². The van der Waals surface area contributed by atoms with Crippen molar-refractivity contribution >= 4 is 23.2 Å². The van der Waals surface area contributed by atoms with Crippen molar-refractivity contribution < 1.29 is 13.9 Å². The average Bonchev–Trinajstić information content (AvgIpc) is 3.37. The summed E-state index contributed by atoms with van der Waals surface area (Å²) in [5.74, 6) is 0.0172. The number of rotatable bonds is 6. The fourth-order valence-corrected chi connectivity index (χ4v) is 3.60. The number of H-pyrrole nitrogens is 1. The molecule has 164 valence electrons. The number of nitrogens with one attached hydrogen (secondary N) is 2. The first-order valence-electron chi connectivity index (χ1n) is 9.85. The van der Waals surface area contributed by atoms with Gasteiger partial charge in [-0.05, 0) is 61.9 Å². The number of hydrogen-bond acceptors (Lipinski definition) is 4. The van der Waals surface area contributed by atoms with E-state index in [1.807, 2.05) is 31.2 Å². The molecule has 0 bridgehead atoms. The van der Waals surface area contributed by atoms with Gasteiger partial charge in [0.15, 0.2) is 0 Å². The van der Waals surface area contributed by atoms with Crippen molar-refractivity contribution in [3.8, 4) is 17.0 Å². The zero-order valence-corrected chi connectivity index (χ0v) is 18.5. The lowest BCUT2D eigenvalue weighted by molar-refractivity contribution is 0.102. The monoisotopic (exact) mass is 453 g/mol. The average molecular weight is 454 g/mol. The SMILES string of the molecule is COc1ccc(-c2cc(C(=O)Nc3c(C)nn(Cc4ccc(F)cc4Cl)c3C)[nH]n2)cc1. The van der Waals surface area contributed by atoms with E-state index in [2.05, 4.69) is 20.6 Å². The molecule has 2 aromatic carbocycles. The number of amides is 1. The van der Waals surface area contributed by atoms with Crippen molar-refractivity contribution in [2.24, 2.45) is 0 Å². The van der Waals surface area contributed by atoms with Gasteiger partial charge in [-0.2, -0.15) is 10.2 Å². The Morgan fingerprint density at radius 2 is 1.94 bits per heavy atom. The minimum Gasteiger partial charge on any atom is -0.497 e. The number of carbonyl (C=O) groups excluding carboxylic acids is 1. The summed E-state index contributed by atoms with van der Waals surface area (Å²) >= 11 is 6.14. The summed E-state index contributed by atoms with van der Waals surface area (Å²) in [5.41, 5.74) is 4.58. The zero-order chi connectivity index (χ0) is 22.8. The first kappa shape index (κ1) is 21.6. The predicted molar refractivity (Wildman–Crippen MR) is 121 cm³/mol. The molecule has 0 radical (unpaired) electrons. The summed E-state index contributed by atoms with van der Waals surface area (Å²) in [7, 11) is 1.60. The minimum atomic E-state index is -0.395. The van der Waals surface area contributed by atoms with Gasteiger partial charge in [0, 0.05) is 10.6 Å². The van der Waals surface area contributed by atoms with Crippen molar-refractivity contribution in [2.75, 3.05) is 12.4 Å². The van der Waals surface area contributed by atoms with E-state index in [1.165, 1.54) is 12.1 Å². The Bertz CT molecular complexity index is 1280. The third kappa shape index (κ3) is 4.36. The van der Waals surface area contributed by atoms with E-state index >= 15 is 0 Å². The van der Waals surface area contributed by atoms with E-state index in [-0.39, 0.29) is 5.91 Å². The lowest BCUT2D eigenvalue weighted by Crippen LogP contribution is -2.14. The normalized spacial score (nSPS) is 10.9. The molecule has 0 spiro atoms.